The van der Waals surface area contributed by atoms with Crippen molar-refractivity contribution < 1.29 is 4.74 Å². The molecule has 0 amide bonds. The maximum Gasteiger partial charge on any atom is 0.135 e. The fourth-order valence-corrected chi connectivity index (χ4v) is 3.85. The van der Waals surface area contributed by atoms with Gasteiger partial charge in [-0.2, -0.15) is 0 Å². The predicted octanol–water partition coefficient (Wildman–Crippen LogP) is 5.94. The van der Waals surface area contributed by atoms with E-state index in [0.29, 0.717) is 18.6 Å². The lowest BCUT2D eigenvalue weighted by Crippen LogP contribution is -2.39. The molecule has 1 aliphatic heterocycles. The van der Waals surface area contributed by atoms with Gasteiger partial charge in [-0.25, -0.2) is 0 Å². The molecule has 0 fully saturated rings. The van der Waals surface area contributed by atoms with Crippen molar-refractivity contribution in [2.75, 3.05) is 13.7 Å². The molecule has 2 atom stereocenters. The number of methoxy groups -OCH3 is 1. The van der Waals surface area contributed by atoms with Gasteiger partial charge in [0.15, 0.2) is 0 Å². The van der Waals surface area contributed by atoms with Gasteiger partial charge >= 0.3 is 0 Å². The molecule has 3 heteroatoms. The first-order valence-electron chi connectivity index (χ1n) is 10.7. The van der Waals surface area contributed by atoms with Crippen LogP contribution in [-0.2, 0) is 4.74 Å². The molecule has 0 aliphatic carbocycles. The minimum absolute atomic E-state index is 0.125. The molecule has 0 unspecified atom stereocenters. The van der Waals surface area contributed by atoms with Crippen LogP contribution in [0.5, 0.6) is 0 Å². The number of aryl methyl sites for hydroxylation is 1. The van der Waals surface area contributed by atoms with E-state index < -0.39 is 0 Å². The van der Waals surface area contributed by atoms with Gasteiger partial charge in [-0.3, -0.25) is 4.99 Å². The van der Waals surface area contributed by atoms with Gasteiger partial charge in [-0.15, -0.1) is 0 Å². The molecule has 3 rings (SSSR count). The summed E-state index contributed by atoms with van der Waals surface area (Å²) in [7, 11) is 1.76. The van der Waals surface area contributed by atoms with Crippen molar-refractivity contribution in [1.82, 2.24) is 4.90 Å². The molecule has 0 spiro atoms. The maximum absolute atomic E-state index is 5.48. The molecule has 1 aliphatic rings. The number of benzene rings is 2. The first kappa shape index (κ1) is 21.3. The van der Waals surface area contributed by atoms with E-state index in [4.69, 9.17) is 9.73 Å². The van der Waals surface area contributed by atoms with Gasteiger partial charge in [-0.1, -0.05) is 68.4 Å². The van der Waals surface area contributed by atoms with Crippen LogP contribution in [0, 0.1) is 12.8 Å². The molecule has 2 aromatic rings. The summed E-state index contributed by atoms with van der Waals surface area (Å²) in [6.45, 7) is 9.54. The Morgan fingerprint density at radius 2 is 1.79 bits per heavy atom. The lowest BCUT2D eigenvalue weighted by atomic mass is 9.92. The van der Waals surface area contributed by atoms with E-state index in [0.717, 1.165) is 24.2 Å². The highest BCUT2D eigenvalue weighted by Crippen LogP contribution is 2.31. The van der Waals surface area contributed by atoms with Crippen LogP contribution in [0.1, 0.15) is 50.3 Å². The van der Waals surface area contributed by atoms with Crippen LogP contribution >= 0.6 is 0 Å². The summed E-state index contributed by atoms with van der Waals surface area (Å²) in [6.07, 6.45) is 4.53. The summed E-state index contributed by atoms with van der Waals surface area (Å²) in [5.41, 5.74) is 5.21. The number of hydrogen-bond donors (Lipinski definition) is 0. The zero-order valence-corrected chi connectivity index (χ0v) is 18.4. The third kappa shape index (κ3) is 5.16. The highest BCUT2D eigenvalue weighted by Gasteiger charge is 2.25. The molecule has 0 N–H and O–H groups in total. The SMILES string of the molecule is COC[C@@H](N=C(c1ccccc1)N1C=C(c2ccccc2C)CC[C@H]1C)C(C)C. The minimum Gasteiger partial charge on any atom is -0.382 e. The molecule has 0 bridgehead atoms. The smallest absolute Gasteiger partial charge is 0.135 e. The van der Waals surface area contributed by atoms with Gasteiger partial charge in [0.25, 0.3) is 0 Å². The summed E-state index contributed by atoms with van der Waals surface area (Å²) >= 11 is 0. The van der Waals surface area contributed by atoms with Gasteiger partial charge in [-0.05, 0) is 49.3 Å². The number of rotatable bonds is 6. The van der Waals surface area contributed by atoms with Crippen LogP contribution < -0.4 is 0 Å². The van der Waals surface area contributed by atoms with Crippen LogP contribution in [0.2, 0.25) is 0 Å². The lowest BCUT2D eigenvalue weighted by molar-refractivity contribution is 0.164. The van der Waals surface area contributed by atoms with Crippen LogP contribution in [-0.4, -0.2) is 36.5 Å². The Bertz CT molecular complexity index is 854. The Balaban J connectivity index is 2.08. The van der Waals surface area contributed by atoms with Crippen molar-refractivity contribution in [2.45, 2.75) is 52.6 Å². The average molecular weight is 391 g/mol. The topological polar surface area (TPSA) is 24.8 Å². The molecule has 1 heterocycles. The zero-order valence-electron chi connectivity index (χ0n) is 18.4. The van der Waals surface area contributed by atoms with E-state index in [-0.39, 0.29) is 6.04 Å². The number of hydrogen-bond acceptors (Lipinski definition) is 2. The second kappa shape index (κ2) is 9.89. The summed E-state index contributed by atoms with van der Waals surface area (Å²) in [6, 6.07) is 19.7. The third-order valence-electron chi connectivity index (χ3n) is 5.76. The second-order valence-corrected chi connectivity index (χ2v) is 8.35. The van der Waals surface area contributed by atoms with Gasteiger partial charge in [0.2, 0.25) is 0 Å². The lowest BCUT2D eigenvalue weighted by Gasteiger charge is -2.35. The molecule has 0 aromatic heterocycles. The molecular formula is C26H34N2O. The standard InChI is InChI=1S/C26H34N2O/c1-19(2)25(18-29-5)27-26(22-12-7-6-8-13-22)28-17-23(16-15-21(28)4)24-14-10-9-11-20(24)3/h6-14,17,19,21,25H,15-16,18H2,1-5H3/t21-,25-/m1/s1. The molecule has 154 valence electrons. The molecule has 3 nitrogen and oxygen atoms in total. The highest BCUT2D eigenvalue weighted by atomic mass is 16.5. The Kier molecular flexibility index (Phi) is 7.27. The van der Waals surface area contributed by atoms with E-state index >= 15 is 0 Å². The monoisotopic (exact) mass is 390 g/mol. The maximum atomic E-state index is 5.48. The number of nitrogens with zero attached hydrogens (tertiary/aromatic N) is 2. The van der Waals surface area contributed by atoms with E-state index in [1.807, 2.05) is 0 Å². The van der Waals surface area contributed by atoms with Crippen LogP contribution in [0.15, 0.2) is 65.8 Å². The number of allylic oxidation sites excluding steroid dienone is 1. The van der Waals surface area contributed by atoms with Crippen molar-refractivity contribution in [1.29, 1.82) is 0 Å². The van der Waals surface area contributed by atoms with E-state index in [9.17, 15) is 0 Å². The quantitative estimate of drug-likeness (QED) is 0.450. The second-order valence-electron chi connectivity index (χ2n) is 8.35. The van der Waals surface area contributed by atoms with Crippen molar-refractivity contribution in [3.05, 3.63) is 77.5 Å². The molecule has 0 saturated carbocycles. The number of amidine groups is 1. The summed E-state index contributed by atoms with van der Waals surface area (Å²) in [5.74, 6) is 1.45. The number of aliphatic imine (C=N–C) groups is 1. The van der Waals surface area contributed by atoms with Crippen molar-refractivity contribution in [3.63, 3.8) is 0 Å². The summed E-state index contributed by atoms with van der Waals surface area (Å²) < 4.78 is 5.48. The van der Waals surface area contributed by atoms with Crippen molar-refractivity contribution in [3.8, 4) is 0 Å². The Morgan fingerprint density at radius 1 is 1.10 bits per heavy atom. The third-order valence-corrected chi connectivity index (χ3v) is 5.76. The molecule has 0 radical (unpaired) electrons. The Labute approximate surface area is 176 Å². The zero-order chi connectivity index (χ0) is 20.8. The van der Waals surface area contributed by atoms with Gasteiger partial charge < -0.3 is 9.64 Å². The fourth-order valence-electron chi connectivity index (χ4n) is 3.85. The van der Waals surface area contributed by atoms with Crippen LogP contribution in [0.3, 0.4) is 0 Å². The van der Waals surface area contributed by atoms with Gasteiger partial charge in [0.1, 0.15) is 5.84 Å². The molecule has 29 heavy (non-hydrogen) atoms. The van der Waals surface area contributed by atoms with E-state index in [2.05, 4.69) is 93.4 Å². The van der Waals surface area contributed by atoms with Crippen LogP contribution in [0.4, 0.5) is 0 Å². The minimum atomic E-state index is 0.125. The number of ether oxygens (including phenoxy) is 1. The van der Waals surface area contributed by atoms with Crippen molar-refractivity contribution in [2.24, 2.45) is 10.9 Å². The molecule has 2 aromatic carbocycles. The van der Waals surface area contributed by atoms with E-state index in [1.54, 1.807) is 7.11 Å². The Hall–Kier alpha value is -2.39. The normalized spacial score (nSPS) is 18.7. The first-order valence-corrected chi connectivity index (χ1v) is 10.7. The van der Waals surface area contributed by atoms with Gasteiger partial charge in [0, 0.05) is 24.9 Å². The summed E-state index contributed by atoms with van der Waals surface area (Å²) in [4.78, 5) is 7.61. The average Bonchev–Trinajstić information content (AvgIpc) is 2.73. The van der Waals surface area contributed by atoms with Crippen molar-refractivity contribution >= 4 is 11.4 Å². The molecular weight excluding hydrogens is 356 g/mol. The first-order chi connectivity index (χ1) is 14.0. The van der Waals surface area contributed by atoms with Crippen LogP contribution in [0.25, 0.3) is 5.57 Å². The predicted molar refractivity (Wildman–Crippen MR) is 123 cm³/mol. The summed E-state index contributed by atoms with van der Waals surface area (Å²) in [5, 5.41) is 0. The largest absolute Gasteiger partial charge is 0.382 e. The molecule has 0 saturated heterocycles. The Morgan fingerprint density at radius 3 is 2.45 bits per heavy atom. The van der Waals surface area contributed by atoms with E-state index in [1.165, 1.54) is 16.7 Å². The fraction of sp³-hybridized carbons (Fsp3) is 0.423. The van der Waals surface area contributed by atoms with Gasteiger partial charge in [0.05, 0.1) is 12.6 Å². The highest BCUT2D eigenvalue weighted by molar-refractivity contribution is 6.00.